The van der Waals surface area contributed by atoms with Gasteiger partial charge in [-0.2, -0.15) is 0 Å². The number of nitrogens with two attached hydrogens (primary N) is 1. The number of hydrogen-bond acceptors (Lipinski definition) is 5. The van der Waals surface area contributed by atoms with Gasteiger partial charge in [0.15, 0.2) is 9.84 Å². The fourth-order valence-electron chi connectivity index (χ4n) is 2.56. The third-order valence-electron chi connectivity index (χ3n) is 4.18. The van der Waals surface area contributed by atoms with Crippen LogP contribution in [0.4, 0.5) is 0 Å². The smallest absolute Gasteiger partial charge is 0.214 e. The quantitative estimate of drug-likeness (QED) is 0.538. The molecule has 1 aliphatic carbocycles. The Morgan fingerprint density at radius 1 is 1.28 bits per heavy atom. The molecule has 25 heavy (non-hydrogen) atoms. The largest absolute Gasteiger partial charge is 0.473 e. The van der Waals surface area contributed by atoms with Gasteiger partial charge in [-0.1, -0.05) is 50.1 Å². The Balaban J connectivity index is 2.16. The van der Waals surface area contributed by atoms with Crippen molar-refractivity contribution in [2.45, 2.75) is 45.6 Å². The number of nitrogens with zero attached hydrogens (tertiary/aromatic N) is 1. The Bertz CT molecular complexity index is 720. The van der Waals surface area contributed by atoms with Crippen molar-refractivity contribution in [3.63, 3.8) is 0 Å². The van der Waals surface area contributed by atoms with Crippen LogP contribution < -0.4 is 5.73 Å². The van der Waals surface area contributed by atoms with Crippen molar-refractivity contribution in [2.75, 3.05) is 12.1 Å². The summed E-state index contributed by atoms with van der Waals surface area (Å²) in [5.41, 5.74) is 8.86. The van der Waals surface area contributed by atoms with E-state index in [1.807, 2.05) is 37.3 Å². The Hall–Kier alpha value is -1.82. The summed E-state index contributed by atoms with van der Waals surface area (Å²) in [6.45, 7) is 2.32. The molecule has 0 atom stereocenters. The molecule has 0 aromatic heterocycles. The molecule has 0 amide bonds. The summed E-state index contributed by atoms with van der Waals surface area (Å²) in [7, 11) is -3.22. The lowest BCUT2D eigenvalue weighted by molar-refractivity contribution is 0.291. The maximum absolute atomic E-state index is 11.5. The Morgan fingerprint density at radius 2 is 1.96 bits per heavy atom. The normalized spacial score (nSPS) is 16.5. The van der Waals surface area contributed by atoms with Gasteiger partial charge in [0.1, 0.15) is 12.5 Å². The van der Waals surface area contributed by atoms with Gasteiger partial charge in [0.25, 0.3) is 0 Å². The zero-order chi connectivity index (χ0) is 18.3. The van der Waals surface area contributed by atoms with E-state index in [0.717, 1.165) is 41.8 Å². The van der Waals surface area contributed by atoms with Crippen molar-refractivity contribution in [3.8, 4) is 0 Å². The van der Waals surface area contributed by atoms with Crippen LogP contribution in [-0.4, -0.2) is 26.4 Å². The Kier molecular flexibility index (Phi) is 7.05. The minimum Gasteiger partial charge on any atom is -0.473 e. The maximum Gasteiger partial charge on any atom is 0.214 e. The summed E-state index contributed by atoms with van der Waals surface area (Å²) in [6, 6.07) is 9.73. The second-order valence-corrected chi connectivity index (χ2v) is 8.74. The van der Waals surface area contributed by atoms with Gasteiger partial charge >= 0.3 is 0 Å². The molecule has 138 valence electrons. The maximum atomic E-state index is 11.5. The lowest BCUT2D eigenvalue weighted by Crippen LogP contribution is -2.16. The molecule has 1 fully saturated rings. The van der Waals surface area contributed by atoms with Crippen LogP contribution in [0, 0.1) is 5.92 Å². The van der Waals surface area contributed by atoms with Crippen LogP contribution in [0.2, 0.25) is 0 Å². The number of aliphatic imine (C=N–C) groups is 1. The number of hydrogen-bond donors (Lipinski definition) is 1. The fraction of sp³-hybridized carbons (Fsp3) is 0.526. The predicted octanol–water partition coefficient (Wildman–Crippen LogP) is 3.42. The van der Waals surface area contributed by atoms with E-state index in [0.29, 0.717) is 18.9 Å². The topological polar surface area (TPSA) is 81.8 Å². The summed E-state index contributed by atoms with van der Waals surface area (Å²) in [4.78, 5) is 4.21. The molecule has 1 aliphatic rings. The lowest BCUT2D eigenvalue weighted by Gasteiger charge is -2.15. The summed E-state index contributed by atoms with van der Waals surface area (Å²) in [6.07, 6.45) is 6.28. The first-order valence-electron chi connectivity index (χ1n) is 8.75. The minimum atomic E-state index is -3.22. The zero-order valence-corrected chi connectivity index (χ0v) is 15.9. The second kappa shape index (κ2) is 9.04. The molecule has 2 N–H and O–H groups in total. The van der Waals surface area contributed by atoms with E-state index >= 15 is 0 Å². The Labute approximate surface area is 150 Å². The van der Waals surface area contributed by atoms with E-state index < -0.39 is 9.84 Å². The predicted molar refractivity (Wildman–Crippen MR) is 102 cm³/mol. The van der Waals surface area contributed by atoms with Crippen LogP contribution in [0.25, 0.3) is 0 Å². The first-order chi connectivity index (χ1) is 11.9. The SMILES string of the molecule is CC/C(C(=NCS(C)(=O)=O)OCc1ccccc1)=C(/N)CCC1CC1. The van der Waals surface area contributed by atoms with Crippen LogP contribution >= 0.6 is 0 Å². The fourth-order valence-corrected chi connectivity index (χ4v) is 2.91. The van der Waals surface area contributed by atoms with Crippen molar-refractivity contribution in [2.24, 2.45) is 16.6 Å². The summed E-state index contributed by atoms with van der Waals surface area (Å²) < 4.78 is 28.9. The molecule has 1 aromatic carbocycles. The lowest BCUT2D eigenvalue weighted by atomic mass is 10.1. The van der Waals surface area contributed by atoms with Crippen LogP contribution in [0.1, 0.15) is 44.6 Å². The minimum absolute atomic E-state index is 0.295. The van der Waals surface area contributed by atoms with Crippen LogP contribution in [0.3, 0.4) is 0 Å². The van der Waals surface area contributed by atoms with E-state index in [-0.39, 0.29) is 5.88 Å². The molecule has 1 saturated carbocycles. The van der Waals surface area contributed by atoms with Crippen LogP contribution in [0.15, 0.2) is 46.6 Å². The zero-order valence-electron chi connectivity index (χ0n) is 15.1. The molecule has 6 heteroatoms. The van der Waals surface area contributed by atoms with Crippen molar-refractivity contribution in [1.29, 1.82) is 0 Å². The molecular weight excluding hydrogens is 336 g/mol. The van der Waals surface area contributed by atoms with Crippen LogP contribution in [0.5, 0.6) is 0 Å². The van der Waals surface area contributed by atoms with E-state index in [2.05, 4.69) is 4.99 Å². The van der Waals surface area contributed by atoms with Crippen LogP contribution in [-0.2, 0) is 21.2 Å². The first-order valence-corrected chi connectivity index (χ1v) is 10.8. The molecule has 0 bridgehead atoms. The van der Waals surface area contributed by atoms with Gasteiger partial charge in [-0.3, -0.25) is 0 Å². The molecule has 0 radical (unpaired) electrons. The monoisotopic (exact) mass is 364 g/mol. The van der Waals surface area contributed by atoms with Crippen molar-refractivity contribution in [3.05, 3.63) is 47.2 Å². The summed E-state index contributed by atoms with van der Waals surface area (Å²) >= 11 is 0. The van der Waals surface area contributed by atoms with Gasteiger partial charge in [0, 0.05) is 17.5 Å². The van der Waals surface area contributed by atoms with Gasteiger partial charge < -0.3 is 10.5 Å². The first kappa shape index (κ1) is 19.5. The number of rotatable bonds is 9. The molecule has 1 aromatic rings. The van der Waals surface area contributed by atoms with E-state index in [4.69, 9.17) is 10.5 Å². The number of sulfone groups is 1. The van der Waals surface area contributed by atoms with Gasteiger partial charge in [0.2, 0.25) is 5.90 Å². The second-order valence-electron chi connectivity index (χ2n) is 6.63. The molecule has 0 saturated heterocycles. The van der Waals surface area contributed by atoms with E-state index in [1.165, 1.54) is 12.8 Å². The van der Waals surface area contributed by atoms with Gasteiger partial charge in [0.05, 0.1) is 0 Å². The average molecular weight is 365 g/mol. The third-order valence-corrected chi connectivity index (χ3v) is 4.78. The molecule has 0 aliphatic heterocycles. The molecular formula is C19H28N2O3S. The third kappa shape index (κ3) is 7.30. The molecule has 2 rings (SSSR count). The average Bonchev–Trinajstić information content (AvgIpc) is 3.40. The van der Waals surface area contributed by atoms with E-state index in [9.17, 15) is 8.42 Å². The number of allylic oxidation sites excluding steroid dienone is 1. The van der Waals surface area contributed by atoms with Crippen molar-refractivity contribution in [1.82, 2.24) is 0 Å². The summed E-state index contributed by atoms with van der Waals surface area (Å²) in [5, 5.41) is 0. The highest BCUT2D eigenvalue weighted by Crippen LogP contribution is 2.34. The number of ether oxygens (including phenoxy) is 1. The standard InChI is InChI=1S/C19H28N2O3S/c1-3-17(18(20)12-11-15-9-10-15)19(21-14-25(2,22)23)24-13-16-7-5-4-6-8-16/h4-8,15H,3,9-14,20H2,1-2H3/b18-17-,21-19?. The van der Waals surface area contributed by atoms with Crippen molar-refractivity contribution < 1.29 is 13.2 Å². The molecule has 5 nitrogen and oxygen atoms in total. The Morgan fingerprint density at radius 3 is 2.52 bits per heavy atom. The van der Waals surface area contributed by atoms with E-state index in [1.54, 1.807) is 0 Å². The highest BCUT2D eigenvalue weighted by atomic mass is 32.2. The molecule has 0 unspecified atom stereocenters. The van der Waals surface area contributed by atoms with Crippen molar-refractivity contribution >= 4 is 15.7 Å². The van der Waals surface area contributed by atoms with Gasteiger partial charge in [-0.05, 0) is 30.7 Å². The summed E-state index contributed by atoms with van der Waals surface area (Å²) in [5.74, 6) is 0.847. The molecule has 0 spiro atoms. The highest BCUT2D eigenvalue weighted by Gasteiger charge is 2.22. The van der Waals surface area contributed by atoms with Gasteiger partial charge in [-0.25, -0.2) is 13.4 Å². The van der Waals surface area contributed by atoms with Gasteiger partial charge in [-0.15, -0.1) is 0 Å². The molecule has 0 heterocycles. The number of benzene rings is 1. The highest BCUT2D eigenvalue weighted by molar-refractivity contribution is 7.90.